The number of likely N-dealkylation sites (tertiary alicyclic amines) is 1. The number of hydrogen-bond acceptors (Lipinski definition) is 5. The number of rotatable bonds is 4. The van der Waals surface area contributed by atoms with Crippen LogP contribution in [0.1, 0.15) is 93.4 Å². The fraction of sp³-hybridized carbons (Fsp3) is 0.405. The first-order valence-corrected chi connectivity index (χ1v) is 16.2. The van der Waals surface area contributed by atoms with Crippen molar-refractivity contribution >= 4 is 17.4 Å². The van der Waals surface area contributed by atoms with Gasteiger partial charge in [0.25, 0.3) is 0 Å². The molecule has 2 aliphatic rings. The molecular weight excluding hydrogens is 552 g/mol. The number of phenols is 1. The maximum atomic E-state index is 13.1. The number of carbonyl (C=O) groups excluding carboxylic acids is 1. The number of ether oxygens (including phenoxy) is 1. The summed E-state index contributed by atoms with van der Waals surface area (Å²) in [6.07, 6.45) is 3.57. The lowest BCUT2D eigenvalue weighted by Gasteiger charge is -2.31. The average Bonchev–Trinajstić information content (AvgIpc) is 3.59. The van der Waals surface area contributed by atoms with Crippen LogP contribution in [-0.2, 0) is 15.6 Å². The zero-order valence-electron chi connectivity index (χ0n) is 26.1. The van der Waals surface area contributed by atoms with Crippen molar-refractivity contribution < 1.29 is 14.6 Å². The van der Waals surface area contributed by atoms with Crippen molar-refractivity contribution in [2.45, 2.75) is 77.0 Å². The lowest BCUT2D eigenvalue weighted by molar-refractivity contribution is 0.0905. The molecule has 1 aromatic heterocycles. The van der Waals surface area contributed by atoms with Crippen LogP contribution >= 0.6 is 11.3 Å². The Bertz CT molecular complexity index is 1570. The molecule has 1 fully saturated rings. The SMILES string of the molecule is CC(C)(C)c1cc(-c2ncc(C3CCN(C(=O)OCC4c5ccccc5-c5ccccc54)CC3)s2)cc(C(C)(C)C)c1O. The van der Waals surface area contributed by atoms with Crippen LogP contribution in [-0.4, -0.2) is 40.8 Å². The molecule has 4 aromatic rings. The van der Waals surface area contributed by atoms with Crippen molar-refractivity contribution in [2.24, 2.45) is 0 Å². The van der Waals surface area contributed by atoms with Crippen LogP contribution in [0.15, 0.2) is 66.9 Å². The molecule has 0 radical (unpaired) electrons. The van der Waals surface area contributed by atoms with E-state index in [1.54, 1.807) is 11.3 Å². The Kier molecular flexibility index (Phi) is 7.62. The standard InChI is InChI=1S/C37H42N2O3S/c1-36(2,3)30-19-24(20-31(33(30)40)37(4,5)6)34-38-21-32(43-34)23-15-17-39(18-16-23)35(41)42-22-29-27-13-9-7-11-25(27)26-12-8-10-14-28(26)29/h7-14,19-21,23,29,40H,15-18,22H2,1-6H3. The molecular formula is C37H42N2O3S. The van der Waals surface area contributed by atoms with Gasteiger partial charge in [-0.1, -0.05) is 90.1 Å². The van der Waals surface area contributed by atoms with E-state index < -0.39 is 0 Å². The monoisotopic (exact) mass is 594 g/mol. The Morgan fingerprint density at radius 1 is 0.907 bits per heavy atom. The van der Waals surface area contributed by atoms with Crippen LogP contribution in [0.2, 0.25) is 0 Å². The normalized spacial score (nSPS) is 15.8. The molecule has 0 saturated carbocycles. The number of carbonyl (C=O) groups is 1. The van der Waals surface area contributed by atoms with Crippen molar-refractivity contribution in [1.29, 1.82) is 0 Å². The molecule has 2 heterocycles. The maximum absolute atomic E-state index is 13.1. The number of piperidine rings is 1. The minimum Gasteiger partial charge on any atom is -0.507 e. The second-order valence-electron chi connectivity index (χ2n) is 14.1. The average molecular weight is 595 g/mol. The largest absolute Gasteiger partial charge is 0.507 e. The number of fused-ring (bicyclic) bond motifs is 3. The molecule has 3 aromatic carbocycles. The summed E-state index contributed by atoms with van der Waals surface area (Å²) in [5, 5.41) is 12.1. The third kappa shape index (κ3) is 5.70. The highest BCUT2D eigenvalue weighted by atomic mass is 32.1. The highest BCUT2D eigenvalue weighted by Gasteiger charge is 2.32. The summed E-state index contributed by atoms with van der Waals surface area (Å²) in [6, 6.07) is 21.1. The number of phenolic OH excluding ortho intramolecular Hbond substituents is 1. The second kappa shape index (κ2) is 11.1. The number of benzene rings is 3. The molecule has 1 saturated heterocycles. The minimum absolute atomic E-state index is 0.0713. The fourth-order valence-electron chi connectivity index (χ4n) is 6.54. The smallest absolute Gasteiger partial charge is 0.409 e. The van der Waals surface area contributed by atoms with Gasteiger partial charge >= 0.3 is 6.09 Å². The van der Waals surface area contributed by atoms with Crippen molar-refractivity contribution in [1.82, 2.24) is 9.88 Å². The van der Waals surface area contributed by atoms with Crippen LogP contribution in [0.5, 0.6) is 5.75 Å². The van der Waals surface area contributed by atoms with Crippen LogP contribution in [0.4, 0.5) is 4.79 Å². The van der Waals surface area contributed by atoms with Gasteiger partial charge in [0.05, 0.1) is 0 Å². The van der Waals surface area contributed by atoms with Gasteiger partial charge in [-0.3, -0.25) is 0 Å². The van der Waals surface area contributed by atoms with Crippen LogP contribution < -0.4 is 0 Å². The molecule has 1 N–H and O–H groups in total. The van der Waals surface area contributed by atoms with Crippen molar-refractivity contribution in [3.63, 3.8) is 0 Å². The molecule has 6 heteroatoms. The van der Waals surface area contributed by atoms with E-state index in [0.29, 0.717) is 31.4 Å². The molecule has 224 valence electrons. The molecule has 0 spiro atoms. The number of amides is 1. The van der Waals surface area contributed by atoms with E-state index in [4.69, 9.17) is 9.72 Å². The predicted octanol–water partition coefficient (Wildman–Crippen LogP) is 9.24. The third-order valence-electron chi connectivity index (χ3n) is 8.99. The van der Waals surface area contributed by atoms with Crippen LogP contribution in [0, 0.1) is 0 Å². The van der Waals surface area contributed by atoms with Gasteiger partial charge in [0.2, 0.25) is 0 Å². The van der Waals surface area contributed by atoms with Gasteiger partial charge in [-0.05, 0) is 64.0 Å². The molecule has 1 aliphatic carbocycles. The fourth-order valence-corrected chi connectivity index (χ4v) is 7.61. The van der Waals surface area contributed by atoms with E-state index in [-0.39, 0.29) is 22.8 Å². The van der Waals surface area contributed by atoms with E-state index in [1.165, 1.54) is 27.1 Å². The first kappa shape index (κ1) is 29.4. The van der Waals surface area contributed by atoms with Gasteiger partial charge < -0.3 is 14.7 Å². The molecule has 0 unspecified atom stereocenters. The Balaban J connectivity index is 1.11. The van der Waals surface area contributed by atoms with Crippen LogP contribution in [0.25, 0.3) is 21.7 Å². The molecule has 0 atom stereocenters. The van der Waals surface area contributed by atoms with Gasteiger partial charge in [0, 0.05) is 46.8 Å². The summed E-state index contributed by atoms with van der Waals surface area (Å²) in [5.41, 5.74) is 7.51. The molecule has 1 aliphatic heterocycles. The zero-order chi connectivity index (χ0) is 30.5. The first-order valence-electron chi connectivity index (χ1n) is 15.4. The van der Waals surface area contributed by atoms with Crippen molar-refractivity contribution in [2.75, 3.05) is 19.7 Å². The lowest BCUT2D eigenvalue weighted by atomic mass is 9.78. The van der Waals surface area contributed by atoms with Gasteiger partial charge in [-0.2, -0.15) is 0 Å². The Labute approximate surface area is 259 Å². The summed E-state index contributed by atoms with van der Waals surface area (Å²) in [4.78, 5) is 21.1. The second-order valence-corrected chi connectivity index (χ2v) is 15.1. The number of nitrogens with zero attached hydrogens (tertiary/aromatic N) is 2. The van der Waals surface area contributed by atoms with Gasteiger partial charge in [-0.15, -0.1) is 11.3 Å². The third-order valence-corrected chi connectivity index (χ3v) is 10.2. The summed E-state index contributed by atoms with van der Waals surface area (Å²) < 4.78 is 5.93. The van der Waals surface area contributed by atoms with Crippen molar-refractivity contribution in [3.8, 4) is 27.4 Å². The van der Waals surface area contributed by atoms with E-state index in [1.807, 2.05) is 11.1 Å². The number of aromatic nitrogens is 1. The topological polar surface area (TPSA) is 62.7 Å². The van der Waals surface area contributed by atoms with E-state index in [9.17, 15) is 9.90 Å². The lowest BCUT2D eigenvalue weighted by Crippen LogP contribution is -2.38. The summed E-state index contributed by atoms with van der Waals surface area (Å²) in [7, 11) is 0. The van der Waals surface area contributed by atoms with Gasteiger partial charge in [0.1, 0.15) is 17.4 Å². The van der Waals surface area contributed by atoms with Crippen molar-refractivity contribution in [3.05, 3.63) is 94.0 Å². The van der Waals surface area contributed by atoms with Gasteiger partial charge in [-0.25, -0.2) is 9.78 Å². The summed E-state index contributed by atoms with van der Waals surface area (Å²) in [5.74, 6) is 0.827. The van der Waals surface area contributed by atoms with Crippen LogP contribution in [0.3, 0.4) is 0 Å². The first-order chi connectivity index (χ1) is 20.4. The Hall–Kier alpha value is -3.64. The summed E-state index contributed by atoms with van der Waals surface area (Å²) in [6.45, 7) is 14.5. The molecule has 6 rings (SSSR count). The minimum atomic E-state index is -0.223. The van der Waals surface area contributed by atoms with E-state index in [0.717, 1.165) is 34.5 Å². The highest BCUT2D eigenvalue weighted by Crippen LogP contribution is 2.45. The maximum Gasteiger partial charge on any atom is 0.409 e. The zero-order valence-corrected chi connectivity index (χ0v) is 26.9. The number of thiazole rings is 1. The molecule has 1 amide bonds. The molecule has 43 heavy (non-hydrogen) atoms. The van der Waals surface area contributed by atoms with E-state index >= 15 is 0 Å². The van der Waals surface area contributed by atoms with Gasteiger partial charge in [0.15, 0.2) is 0 Å². The number of hydrogen-bond donors (Lipinski definition) is 1. The number of aromatic hydroxyl groups is 1. The molecule has 5 nitrogen and oxygen atoms in total. The summed E-state index contributed by atoms with van der Waals surface area (Å²) >= 11 is 1.73. The predicted molar refractivity (Wildman–Crippen MR) is 175 cm³/mol. The highest BCUT2D eigenvalue weighted by molar-refractivity contribution is 7.15. The van der Waals surface area contributed by atoms with E-state index in [2.05, 4.69) is 102 Å². The Morgan fingerprint density at radius 3 is 1.98 bits per heavy atom. The Morgan fingerprint density at radius 2 is 1.44 bits per heavy atom. The quantitative estimate of drug-likeness (QED) is 0.256. The molecule has 0 bridgehead atoms.